The zero-order valence-corrected chi connectivity index (χ0v) is 16.6. The van der Waals surface area contributed by atoms with E-state index in [0.717, 1.165) is 24.8 Å². The highest BCUT2D eigenvalue weighted by molar-refractivity contribution is 6.07. The van der Waals surface area contributed by atoms with Crippen molar-refractivity contribution in [2.24, 2.45) is 5.92 Å². The predicted octanol–water partition coefficient (Wildman–Crippen LogP) is 3.60. The monoisotopic (exact) mass is 385 g/mol. The number of methoxy groups -OCH3 is 3. The molecule has 1 atom stereocenters. The lowest BCUT2D eigenvalue weighted by atomic mass is 9.91. The van der Waals surface area contributed by atoms with Crippen molar-refractivity contribution >= 4 is 17.9 Å². The number of imide groups is 1. The summed E-state index contributed by atoms with van der Waals surface area (Å²) >= 11 is 0. The summed E-state index contributed by atoms with van der Waals surface area (Å²) in [5.41, 5.74) is 0.722. The maximum Gasteiger partial charge on any atom is 0.253 e. The smallest absolute Gasteiger partial charge is 0.253 e. The van der Waals surface area contributed by atoms with Crippen LogP contribution in [0.15, 0.2) is 30.4 Å². The lowest BCUT2D eigenvalue weighted by molar-refractivity contribution is -0.143. The minimum Gasteiger partial charge on any atom is -0.493 e. The quantitative estimate of drug-likeness (QED) is 0.700. The molecule has 0 saturated heterocycles. The highest BCUT2D eigenvalue weighted by Gasteiger charge is 2.35. The van der Waals surface area contributed by atoms with Crippen LogP contribution in [-0.2, 0) is 9.59 Å². The lowest BCUT2D eigenvalue weighted by Gasteiger charge is -2.34. The van der Waals surface area contributed by atoms with Gasteiger partial charge in [0.15, 0.2) is 11.5 Å². The van der Waals surface area contributed by atoms with Crippen LogP contribution in [0.3, 0.4) is 0 Å². The Morgan fingerprint density at radius 2 is 1.71 bits per heavy atom. The molecule has 1 aliphatic carbocycles. The third kappa shape index (κ3) is 4.06. The fraction of sp³-hybridized carbons (Fsp3) is 0.455. The van der Waals surface area contributed by atoms with Crippen molar-refractivity contribution in [1.82, 2.24) is 4.90 Å². The van der Waals surface area contributed by atoms with Gasteiger partial charge >= 0.3 is 0 Å². The van der Waals surface area contributed by atoms with Gasteiger partial charge in [0.2, 0.25) is 5.75 Å². The summed E-state index contributed by atoms with van der Waals surface area (Å²) in [4.78, 5) is 26.7. The van der Waals surface area contributed by atoms with Gasteiger partial charge in [-0.2, -0.15) is 0 Å². The van der Waals surface area contributed by atoms with Crippen LogP contribution in [0.5, 0.6) is 17.2 Å². The van der Waals surface area contributed by atoms with Gasteiger partial charge in [-0.15, -0.1) is 0 Å². The Morgan fingerprint density at radius 3 is 2.29 bits per heavy atom. The van der Waals surface area contributed by atoms with Crippen LogP contribution >= 0.6 is 0 Å². The van der Waals surface area contributed by atoms with Crippen molar-refractivity contribution in [3.63, 3.8) is 0 Å². The number of carbonyl (C=O) groups excluding carboxylic acids is 2. The van der Waals surface area contributed by atoms with Crippen molar-refractivity contribution in [2.75, 3.05) is 21.3 Å². The fourth-order valence-electron chi connectivity index (χ4n) is 4.12. The minimum atomic E-state index is -0.292. The zero-order chi connectivity index (χ0) is 20.1. The standard InChI is InChI=1S/C22H27NO5/c1-26-18-13-15(14-19(27-2)22(18)28-3)11-12-21(25)23-17(9-6-10-20(23)24)16-7-4-5-8-16/h6,10-14,16-17H,4-5,7-9H2,1-3H3. The molecule has 0 spiro atoms. The second kappa shape index (κ2) is 8.95. The topological polar surface area (TPSA) is 65.1 Å². The minimum absolute atomic E-state index is 0.0444. The number of benzene rings is 1. The van der Waals surface area contributed by atoms with Gasteiger partial charge in [0.05, 0.1) is 21.3 Å². The molecule has 1 aromatic rings. The molecular formula is C22H27NO5. The van der Waals surface area contributed by atoms with Crippen LogP contribution in [0.2, 0.25) is 0 Å². The van der Waals surface area contributed by atoms with Crippen LogP contribution in [0, 0.1) is 5.92 Å². The summed E-state index contributed by atoms with van der Waals surface area (Å²) in [7, 11) is 4.62. The van der Waals surface area contributed by atoms with Crippen molar-refractivity contribution in [3.8, 4) is 17.2 Å². The Bertz CT molecular complexity index is 767. The summed E-state index contributed by atoms with van der Waals surface area (Å²) in [6.07, 6.45) is 11.7. The highest BCUT2D eigenvalue weighted by Crippen LogP contribution is 2.38. The van der Waals surface area contributed by atoms with E-state index in [9.17, 15) is 9.59 Å². The molecule has 6 nitrogen and oxygen atoms in total. The molecule has 1 aromatic carbocycles. The molecule has 0 radical (unpaired) electrons. The van der Waals surface area contributed by atoms with E-state index in [4.69, 9.17) is 14.2 Å². The zero-order valence-electron chi connectivity index (χ0n) is 16.6. The number of hydrogen-bond donors (Lipinski definition) is 0. The number of rotatable bonds is 6. The van der Waals surface area contributed by atoms with Gasteiger partial charge in [-0.25, -0.2) is 0 Å². The molecule has 28 heavy (non-hydrogen) atoms. The molecule has 1 heterocycles. The molecule has 1 unspecified atom stereocenters. The van der Waals surface area contributed by atoms with E-state index in [1.807, 2.05) is 6.08 Å². The van der Waals surface area contributed by atoms with Gasteiger partial charge in [0.25, 0.3) is 11.8 Å². The average molecular weight is 385 g/mol. The SMILES string of the molecule is COc1cc(C=CC(=O)N2C(=O)C=CCC2C2CCCC2)cc(OC)c1OC. The third-order valence-electron chi connectivity index (χ3n) is 5.49. The Labute approximate surface area is 165 Å². The molecule has 6 heteroatoms. The van der Waals surface area contributed by atoms with Gasteiger partial charge < -0.3 is 14.2 Å². The average Bonchev–Trinajstić information content (AvgIpc) is 3.25. The molecular weight excluding hydrogens is 358 g/mol. The fourth-order valence-corrected chi connectivity index (χ4v) is 4.12. The van der Waals surface area contributed by atoms with Gasteiger partial charge in [0, 0.05) is 12.1 Å². The summed E-state index contributed by atoms with van der Waals surface area (Å²) < 4.78 is 16.0. The van der Waals surface area contributed by atoms with E-state index in [2.05, 4.69) is 0 Å². The molecule has 2 amide bonds. The van der Waals surface area contributed by atoms with Crippen LogP contribution in [-0.4, -0.2) is 44.1 Å². The molecule has 0 aromatic heterocycles. The van der Waals surface area contributed by atoms with Gasteiger partial charge in [-0.05, 0) is 55.0 Å². The van der Waals surface area contributed by atoms with Gasteiger partial charge in [0.1, 0.15) is 0 Å². The number of nitrogens with zero attached hydrogens (tertiary/aromatic N) is 1. The first-order valence-corrected chi connectivity index (χ1v) is 9.60. The van der Waals surface area contributed by atoms with E-state index >= 15 is 0 Å². The molecule has 1 fully saturated rings. The maximum absolute atomic E-state index is 12.9. The van der Waals surface area contributed by atoms with Crippen LogP contribution < -0.4 is 14.2 Å². The van der Waals surface area contributed by atoms with Crippen molar-refractivity contribution in [3.05, 3.63) is 35.9 Å². The number of carbonyl (C=O) groups is 2. The van der Waals surface area contributed by atoms with E-state index in [1.165, 1.54) is 37.0 Å². The second-order valence-corrected chi connectivity index (χ2v) is 7.09. The Kier molecular flexibility index (Phi) is 6.39. The summed E-state index contributed by atoms with van der Waals surface area (Å²) in [6, 6.07) is 3.48. The van der Waals surface area contributed by atoms with Crippen LogP contribution in [0.25, 0.3) is 6.08 Å². The summed E-state index contributed by atoms with van der Waals surface area (Å²) in [5.74, 6) is 1.38. The van der Waals surface area contributed by atoms with E-state index < -0.39 is 0 Å². The lowest BCUT2D eigenvalue weighted by Crippen LogP contribution is -2.48. The number of ether oxygens (including phenoxy) is 3. The summed E-state index contributed by atoms with van der Waals surface area (Å²) in [5, 5.41) is 0. The Morgan fingerprint density at radius 1 is 1.07 bits per heavy atom. The largest absolute Gasteiger partial charge is 0.493 e. The second-order valence-electron chi connectivity index (χ2n) is 7.09. The molecule has 0 bridgehead atoms. The van der Waals surface area contributed by atoms with E-state index in [0.29, 0.717) is 23.2 Å². The Hall–Kier alpha value is -2.76. The highest BCUT2D eigenvalue weighted by atomic mass is 16.5. The van der Waals surface area contributed by atoms with E-state index in [1.54, 1.807) is 32.4 Å². The third-order valence-corrected chi connectivity index (χ3v) is 5.49. The molecule has 0 N–H and O–H groups in total. The molecule has 2 aliphatic rings. The van der Waals surface area contributed by atoms with Gasteiger partial charge in [-0.1, -0.05) is 18.9 Å². The Balaban J connectivity index is 1.83. The number of hydrogen-bond acceptors (Lipinski definition) is 5. The predicted molar refractivity (Wildman–Crippen MR) is 106 cm³/mol. The van der Waals surface area contributed by atoms with E-state index in [-0.39, 0.29) is 17.9 Å². The first-order chi connectivity index (χ1) is 13.6. The summed E-state index contributed by atoms with van der Waals surface area (Å²) in [6.45, 7) is 0. The van der Waals surface area contributed by atoms with Gasteiger partial charge in [-0.3, -0.25) is 14.5 Å². The van der Waals surface area contributed by atoms with Crippen molar-refractivity contribution in [2.45, 2.75) is 38.1 Å². The van der Waals surface area contributed by atoms with Crippen LogP contribution in [0.4, 0.5) is 0 Å². The molecule has 1 aliphatic heterocycles. The maximum atomic E-state index is 12.9. The van der Waals surface area contributed by atoms with Crippen LogP contribution in [0.1, 0.15) is 37.7 Å². The van der Waals surface area contributed by atoms with Crippen molar-refractivity contribution < 1.29 is 23.8 Å². The first-order valence-electron chi connectivity index (χ1n) is 9.60. The molecule has 3 rings (SSSR count). The first kappa shape index (κ1) is 20.0. The van der Waals surface area contributed by atoms with Crippen molar-refractivity contribution in [1.29, 1.82) is 0 Å². The number of amides is 2. The molecule has 150 valence electrons. The normalized spacial score (nSPS) is 20.0. The molecule has 1 saturated carbocycles.